The first-order chi connectivity index (χ1) is 8.17. The fourth-order valence-corrected chi connectivity index (χ4v) is 3.11. The number of ether oxygens (including phenoxy) is 1. The van der Waals surface area contributed by atoms with E-state index in [9.17, 15) is 13.2 Å². The molecule has 1 amide bonds. The van der Waals surface area contributed by atoms with Gasteiger partial charge in [-0.05, 0) is 27.2 Å². The standard InChI is InChI=1S/C11H22N2O4S/c1-5-6-7-9-8-12-18(15,16)13(9)10(14)17-11(2,3)4/h9,12H,5-8H2,1-4H3. The van der Waals surface area contributed by atoms with Crippen LogP contribution in [-0.4, -0.2) is 37.0 Å². The number of carbonyl (C=O) groups is 1. The quantitative estimate of drug-likeness (QED) is 0.851. The summed E-state index contributed by atoms with van der Waals surface area (Å²) in [6, 6.07) is -0.343. The number of amides is 1. The first-order valence-electron chi connectivity index (χ1n) is 6.19. The Morgan fingerprint density at radius 3 is 2.56 bits per heavy atom. The number of hydrogen-bond acceptors (Lipinski definition) is 4. The SMILES string of the molecule is CCCCC1CNS(=O)(=O)N1C(=O)OC(C)(C)C. The summed E-state index contributed by atoms with van der Waals surface area (Å²) in [6.45, 7) is 7.42. The fourth-order valence-electron chi connectivity index (χ4n) is 1.76. The molecule has 1 rings (SSSR count). The van der Waals surface area contributed by atoms with Gasteiger partial charge in [0.05, 0.1) is 6.04 Å². The zero-order valence-corrected chi connectivity index (χ0v) is 12.2. The van der Waals surface area contributed by atoms with E-state index >= 15 is 0 Å². The Kier molecular flexibility index (Phi) is 4.61. The molecule has 0 bridgehead atoms. The van der Waals surface area contributed by atoms with Gasteiger partial charge in [0.15, 0.2) is 0 Å². The van der Waals surface area contributed by atoms with Gasteiger partial charge in [0.1, 0.15) is 5.60 Å². The van der Waals surface area contributed by atoms with Crippen LogP contribution >= 0.6 is 0 Å². The van der Waals surface area contributed by atoms with Crippen LogP contribution in [0.2, 0.25) is 0 Å². The van der Waals surface area contributed by atoms with E-state index in [2.05, 4.69) is 4.72 Å². The van der Waals surface area contributed by atoms with Crippen LogP contribution in [0, 0.1) is 0 Å². The van der Waals surface area contributed by atoms with E-state index < -0.39 is 21.9 Å². The molecule has 1 saturated heterocycles. The Morgan fingerprint density at radius 2 is 2.06 bits per heavy atom. The molecule has 0 radical (unpaired) electrons. The topological polar surface area (TPSA) is 75.7 Å². The number of nitrogens with zero attached hydrogens (tertiary/aromatic N) is 1. The highest BCUT2D eigenvalue weighted by atomic mass is 32.2. The Balaban J connectivity index is 2.82. The zero-order chi connectivity index (χ0) is 14.0. The summed E-state index contributed by atoms with van der Waals surface area (Å²) in [5.74, 6) is 0. The highest BCUT2D eigenvalue weighted by Crippen LogP contribution is 2.21. The second kappa shape index (κ2) is 5.44. The Morgan fingerprint density at radius 1 is 1.44 bits per heavy atom. The van der Waals surface area contributed by atoms with Crippen LogP contribution in [0.5, 0.6) is 0 Å². The van der Waals surface area contributed by atoms with Crippen molar-refractivity contribution in [3.63, 3.8) is 0 Å². The summed E-state index contributed by atoms with van der Waals surface area (Å²) in [6.07, 6.45) is 1.69. The van der Waals surface area contributed by atoms with E-state index in [0.29, 0.717) is 6.42 Å². The maximum Gasteiger partial charge on any atom is 0.425 e. The normalized spacial score (nSPS) is 23.1. The first-order valence-corrected chi connectivity index (χ1v) is 7.63. The number of hydrogen-bond donors (Lipinski definition) is 1. The monoisotopic (exact) mass is 278 g/mol. The average Bonchev–Trinajstić information content (AvgIpc) is 2.48. The van der Waals surface area contributed by atoms with E-state index in [1.807, 2.05) is 6.92 Å². The molecule has 1 aliphatic heterocycles. The smallest absolute Gasteiger partial charge is 0.425 e. The Bertz CT molecular complexity index is 400. The minimum absolute atomic E-state index is 0.265. The number of carbonyl (C=O) groups excluding carboxylic acids is 1. The molecule has 0 aromatic rings. The second-order valence-corrected chi connectivity index (χ2v) is 7.06. The van der Waals surface area contributed by atoms with Crippen molar-refractivity contribution in [2.45, 2.75) is 58.6 Å². The van der Waals surface area contributed by atoms with Gasteiger partial charge in [0.2, 0.25) is 0 Å². The molecule has 0 saturated carbocycles. The highest BCUT2D eigenvalue weighted by Gasteiger charge is 2.42. The van der Waals surface area contributed by atoms with Crippen molar-refractivity contribution >= 4 is 16.3 Å². The van der Waals surface area contributed by atoms with Crippen molar-refractivity contribution in [2.75, 3.05) is 6.54 Å². The van der Waals surface area contributed by atoms with Crippen molar-refractivity contribution in [3.8, 4) is 0 Å². The van der Waals surface area contributed by atoms with Crippen LogP contribution < -0.4 is 4.72 Å². The van der Waals surface area contributed by atoms with E-state index in [4.69, 9.17) is 4.74 Å². The molecule has 18 heavy (non-hydrogen) atoms. The van der Waals surface area contributed by atoms with E-state index in [1.165, 1.54) is 0 Å². The van der Waals surface area contributed by atoms with Gasteiger partial charge in [0.25, 0.3) is 0 Å². The van der Waals surface area contributed by atoms with Gasteiger partial charge in [-0.1, -0.05) is 19.8 Å². The predicted octanol–water partition coefficient (Wildman–Crippen LogP) is 1.63. The van der Waals surface area contributed by atoms with Crippen molar-refractivity contribution in [2.24, 2.45) is 0 Å². The number of rotatable bonds is 3. The summed E-state index contributed by atoms with van der Waals surface area (Å²) in [4.78, 5) is 11.9. The largest absolute Gasteiger partial charge is 0.443 e. The lowest BCUT2D eigenvalue weighted by Crippen LogP contribution is -2.43. The Labute approximate surface area is 109 Å². The van der Waals surface area contributed by atoms with Crippen LogP contribution in [-0.2, 0) is 14.9 Å². The van der Waals surface area contributed by atoms with E-state index in [0.717, 1.165) is 17.1 Å². The summed E-state index contributed by atoms with van der Waals surface area (Å²) in [5, 5.41) is 0. The van der Waals surface area contributed by atoms with E-state index in [-0.39, 0.29) is 12.6 Å². The molecule has 0 aromatic carbocycles. The molecule has 1 aliphatic rings. The van der Waals surface area contributed by atoms with Crippen LogP contribution in [0.15, 0.2) is 0 Å². The molecular weight excluding hydrogens is 256 g/mol. The maximum absolute atomic E-state index is 11.9. The number of nitrogens with one attached hydrogen (secondary N) is 1. The third-order valence-electron chi connectivity index (χ3n) is 2.56. The Hall–Kier alpha value is -0.820. The van der Waals surface area contributed by atoms with Crippen molar-refractivity contribution in [1.29, 1.82) is 0 Å². The third kappa shape index (κ3) is 3.84. The molecule has 1 fully saturated rings. The van der Waals surface area contributed by atoms with Crippen LogP contribution in [0.1, 0.15) is 47.0 Å². The molecule has 1 N–H and O–H groups in total. The summed E-state index contributed by atoms with van der Waals surface area (Å²) in [7, 11) is -3.73. The molecule has 1 heterocycles. The molecule has 106 valence electrons. The second-order valence-electron chi connectivity index (χ2n) is 5.43. The fraction of sp³-hybridized carbons (Fsp3) is 0.909. The van der Waals surface area contributed by atoms with Gasteiger partial charge in [0, 0.05) is 6.54 Å². The minimum Gasteiger partial charge on any atom is -0.443 e. The van der Waals surface area contributed by atoms with Gasteiger partial charge < -0.3 is 4.74 Å². The molecule has 7 heteroatoms. The molecule has 1 unspecified atom stereocenters. The van der Waals surface area contributed by atoms with Gasteiger partial charge in [-0.15, -0.1) is 0 Å². The molecule has 0 aromatic heterocycles. The zero-order valence-electron chi connectivity index (χ0n) is 11.4. The van der Waals surface area contributed by atoms with E-state index in [1.54, 1.807) is 20.8 Å². The molecule has 1 atom stereocenters. The first kappa shape index (κ1) is 15.2. The van der Waals surface area contributed by atoms with Gasteiger partial charge in [-0.2, -0.15) is 17.4 Å². The lowest BCUT2D eigenvalue weighted by molar-refractivity contribution is 0.0353. The molecular formula is C11H22N2O4S. The van der Waals surface area contributed by atoms with Gasteiger partial charge in [-0.25, -0.2) is 4.79 Å². The summed E-state index contributed by atoms with van der Waals surface area (Å²) < 4.78 is 31.9. The van der Waals surface area contributed by atoms with Gasteiger partial charge in [-0.3, -0.25) is 0 Å². The lowest BCUT2D eigenvalue weighted by Gasteiger charge is -2.26. The van der Waals surface area contributed by atoms with Crippen molar-refractivity contribution in [1.82, 2.24) is 9.03 Å². The maximum atomic E-state index is 11.9. The van der Waals surface area contributed by atoms with Crippen molar-refractivity contribution in [3.05, 3.63) is 0 Å². The highest BCUT2D eigenvalue weighted by molar-refractivity contribution is 7.87. The lowest BCUT2D eigenvalue weighted by atomic mass is 10.1. The molecule has 6 nitrogen and oxygen atoms in total. The average molecular weight is 278 g/mol. The predicted molar refractivity (Wildman–Crippen MR) is 68.3 cm³/mol. The number of unbranched alkanes of at least 4 members (excludes halogenated alkanes) is 1. The van der Waals surface area contributed by atoms with Crippen LogP contribution in [0.25, 0.3) is 0 Å². The minimum atomic E-state index is -3.73. The third-order valence-corrected chi connectivity index (χ3v) is 4.05. The summed E-state index contributed by atoms with van der Waals surface area (Å²) in [5.41, 5.74) is -0.704. The molecule has 0 spiro atoms. The summed E-state index contributed by atoms with van der Waals surface area (Å²) >= 11 is 0. The van der Waals surface area contributed by atoms with Gasteiger partial charge >= 0.3 is 16.3 Å². The van der Waals surface area contributed by atoms with Crippen LogP contribution in [0.4, 0.5) is 4.79 Å². The van der Waals surface area contributed by atoms with Crippen molar-refractivity contribution < 1.29 is 17.9 Å². The van der Waals surface area contributed by atoms with Crippen LogP contribution in [0.3, 0.4) is 0 Å². The molecule has 0 aliphatic carbocycles.